The van der Waals surface area contributed by atoms with Crippen molar-refractivity contribution in [1.29, 1.82) is 5.26 Å². The maximum atomic E-state index is 11.9. The van der Waals surface area contributed by atoms with Crippen LogP contribution in [0.2, 0.25) is 0 Å². The molecule has 0 aromatic carbocycles. The Morgan fingerprint density at radius 1 is 1.45 bits per heavy atom. The lowest BCUT2D eigenvalue weighted by Gasteiger charge is -2.09. The molecule has 2 rings (SSSR count). The molecule has 1 amide bonds. The Bertz CT molecular complexity index is 672. The molecule has 0 aliphatic carbocycles. The highest BCUT2D eigenvalue weighted by molar-refractivity contribution is 6.01. The molecule has 0 radical (unpaired) electrons. The molecule has 112 valence electrons. The normalized spacial score (nSPS) is 10.3. The van der Waals surface area contributed by atoms with E-state index in [4.69, 9.17) is 14.4 Å². The summed E-state index contributed by atoms with van der Waals surface area (Å²) in [4.78, 5) is 15.9. The van der Waals surface area contributed by atoms with E-state index in [1.165, 1.54) is 12.3 Å². The minimum absolute atomic E-state index is 0.336. The number of nitriles is 1. The molecule has 0 spiro atoms. The van der Waals surface area contributed by atoms with Gasteiger partial charge in [0.1, 0.15) is 5.76 Å². The molecule has 6 heteroatoms. The lowest BCUT2D eigenvalue weighted by molar-refractivity contribution is -0.111. The van der Waals surface area contributed by atoms with E-state index in [1.54, 1.807) is 36.5 Å². The molecule has 0 saturated carbocycles. The number of rotatable bonds is 7. The third kappa shape index (κ3) is 4.80. The van der Waals surface area contributed by atoms with Crippen molar-refractivity contribution in [2.75, 3.05) is 11.9 Å². The van der Waals surface area contributed by atoms with Crippen LogP contribution in [-0.2, 0) is 4.79 Å². The molecule has 1 N–H and O–H groups in total. The maximum Gasteiger partial charge on any atom is 0.249 e. The number of nitrogens with one attached hydrogen (secondary N) is 1. The standard InChI is InChI=1S/C16H15N3O3/c17-9-1-2-11-22-14-6-3-10-18-16(14)19-15(20)8-7-13-5-4-12-21-13/h3-8,10,12H,1-2,11H2,(H,18,19,20)/b8-7+. The monoisotopic (exact) mass is 297 g/mol. The fourth-order valence-corrected chi connectivity index (χ4v) is 1.64. The average molecular weight is 297 g/mol. The first-order valence-electron chi connectivity index (χ1n) is 6.77. The molecule has 0 bridgehead atoms. The first-order chi connectivity index (χ1) is 10.8. The van der Waals surface area contributed by atoms with Gasteiger partial charge >= 0.3 is 0 Å². The largest absolute Gasteiger partial charge is 0.490 e. The molecule has 2 aromatic heterocycles. The van der Waals surface area contributed by atoms with E-state index in [0.29, 0.717) is 36.8 Å². The van der Waals surface area contributed by atoms with Gasteiger partial charge in [-0.3, -0.25) is 4.79 Å². The average Bonchev–Trinajstić information content (AvgIpc) is 3.04. The summed E-state index contributed by atoms with van der Waals surface area (Å²) in [6.45, 7) is 0.393. The Morgan fingerprint density at radius 2 is 2.36 bits per heavy atom. The zero-order chi connectivity index (χ0) is 15.6. The highest BCUT2D eigenvalue weighted by Gasteiger charge is 2.07. The van der Waals surface area contributed by atoms with Crippen LogP contribution in [0.3, 0.4) is 0 Å². The van der Waals surface area contributed by atoms with Crippen molar-refractivity contribution in [1.82, 2.24) is 4.98 Å². The number of nitrogens with zero attached hydrogens (tertiary/aromatic N) is 2. The Kier molecular flexibility index (Phi) is 5.76. The molecule has 0 unspecified atom stereocenters. The van der Waals surface area contributed by atoms with Gasteiger partial charge in [-0.1, -0.05) is 0 Å². The van der Waals surface area contributed by atoms with Gasteiger partial charge in [0, 0.05) is 18.7 Å². The van der Waals surface area contributed by atoms with Crippen LogP contribution < -0.4 is 10.1 Å². The van der Waals surface area contributed by atoms with Crippen molar-refractivity contribution >= 4 is 17.8 Å². The predicted molar refractivity (Wildman–Crippen MR) is 81.0 cm³/mol. The quantitative estimate of drug-likeness (QED) is 0.627. The van der Waals surface area contributed by atoms with Crippen LogP contribution >= 0.6 is 0 Å². The second kappa shape index (κ2) is 8.27. The summed E-state index contributed by atoms with van der Waals surface area (Å²) in [6.07, 6.45) is 7.06. The summed E-state index contributed by atoms with van der Waals surface area (Å²) in [5.74, 6) is 1.06. The number of pyridine rings is 1. The van der Waals surface area contributed by atoms with Gasteiger partial charge in [0.05, 0.1) is 18.9 Å². The van der Waals surface area contributed by atoms with Crippen LogP contribution in [0.5, 0.6) is 5.75 Å². The first-order valence-corrected chi connectivity index (χ1v) is 6.77. The number of ether oxygens (including phenoxy) is 1. The van der Waals surface area contributed by atoms with Gasteiger partial charge in [-0.05, 0) is 36.8 Å². The molecule has 0 aliphatic rings. The number of hydrogen-bond donors (Lipinski definition) is 1. The summed E-state index contributed by atoms with van der Waals surface area (Å²) in [6, 6.07) is 8.96. The number of unbranched alkanes of at least 4 members (excludes halogenated alkanes) is 1. The second-order valence-corrected chi connectivity index (χ2v) is 4.30. The van der Waals surface area contributed by atoms with Crippen LogP contribution in [0.4, 0.5) is 5.82 Å². The molecular weight excluding hydrogens is 282 g/mol. The van der Waals surface area contributed by atoms with Crippen molar-refractivity contribution in [3.63, 3.8) is 0 Å². The number of aromatic nitrogens is 1. The molecular formula is C16H15N3O3. The maximum absolute atomic E-state index is 11.9. The molecule has 0 aliphatic heterocycles. The van der Waals surface area contributed by atoms with Crippen LogP contribution in [0, 0.1) is 11.3 Å². The van der Waals surface area contributed by atoms with Gasteiger partial charge < -0.3 is 14.5 Å². The van der Waals surface area contributed by atoms with E-state index in [0.717, 1.165) is 0 Å². The summed E-state index contributed by atoms with van der Waals surface area (Å²) >= 11 is 0. The van der Waals surface area contributed by atoms with E-state index in [1.807, 2.05) is 6.07 Å². The predicted octanol–water partition coefficient (Wildman–Crippen LogP) is 3.01. The van der Waals surface area contributed by atoms with Gasteiger partial charge in [0.25, 0.3) is 0 Å². The lowest BCUT2D eigenvalue weighted by atomic mass is 10.3. The van der Waals surface area contributed by atoms with Crippen molar-refractivity contribution in [2.24, 2.45) is 0 Å². The molecule has 0 fully saturated rings. The van der Waals surface area contributed by atoms with Crippen LogP contribution in [0.1, 0.15) is 18.6 Å². The van der Waals surface area contributed by atoms with Crippen molar-refractivity contribution < 1.29 is 13.9 Å². The number of hydrogen-bond acceptors (Lipinski definition) is 5. The third-order valence-corrected chi connectivity index (χ3v) is 2.64. The van der Waals surface area contributed by atoms with Gasteiger partial charge in [-0.2, -0.15) is 5.26 Å². The van der Waals surface area contributed by atoms with Crippen LogP contribution in [-0.4, -0.2) is 17.5 Å². The van der Waals surface area contributed by atoms with E-state index < -0.39 is 0 Å². The number of carbonyl (C=O) groups excluding carboxylic acids is 1. The van der Waals surface area contributed by atoms with Gasteiger partial charge in [-0.25, -0.2) is 4.98 Å². The summed E-state index contributed by atoms with van der Waals surface area (Å²) in [5, 5.41) is 11.1. The van der Waals surface area contributed by atoms with Gasteiger partial charge in [-0.15, -0.1) is 0 Å². The fourth-order valence-electron chi connectivity index (χ4n) is 1.64. The van der Waals surface area contributed by atoms with Crippen molar-refractivity contribution in [3.8, 4) is 11.8 Å². The fraction of sp³-hybridized carbons (Fsp3) is 0.188. The second-order valence-electron chi connectivity index (χ2n) is 4.30. The zero-order valence-corrected chi connectivity index (χ0v) is 11.9. The number of furan rings is 1. The SMILES string of the molecule is N#CCCCOc1cccnc1NC(=O)/C=C/c1ccco1. The Hall–Kier alpha value is -3.07. The van der Waals surface area contributed by atoms with Gasteiger partial charge in [0.2, 0.25) is 5.91 Å². The summed E-state index contributed by atoms with van der Waals surface area (Å²) < 4.78 is 10.6. The van der Waals surface area contributed by atoms with E-state index in [9.17, 15) is 4.79 Å². The van der Waals surface area contributed by atoms with E-state index in [-0.39, 0.29) is 5.91 Å². The molecule has 2 heterocycles. The van der Waals surface area contributed by atoms with Crippen LogP contribution in [0.15, 0.2) is 47.2 Å². The highest BCUT2D eigenvalue weighted by Crippen LogP contribution is 2.21. The highest BCUT2D eigenvalue weighted by atomic mass is 16.5. The third-order valence-electron chi connectivity index (χ3n) is 2.64. The topological polar surface area (TPSA) is 88.1 Å². The van der Waals surface area contributed by atoms with Crippen molar-refractivity contribution in [2.45, 2.75) is 12.8 Å². The Morgan fingerprint density at radius 3 is 3.14 bits per heavy atom. The smallest absolute Gasteiger partial charge is 0.249 e. The van der Waals surface area contributed by atoms with E-state index >= 15 is 0 Å². The summed E-state index contributed by atoms with van der Waals surface area (Å²) in [5.41, 5.74) is 0. The van der Waals surface area contributed by atoms with Gasteiger partial charge in [0.15, 0.2) is 11.6 Å². The zero-order valence-electron chi connectivity index (χ0n) is 11.9. The van der Waals surface area contributed by atoms with Crippen LogP contribution in [0.25, 0.3) is 6.08 Å². The Balaban J connectivity index is 1.94. The lowest BCUT2D eigenvalue weighted by Crippen LogP contribution is -2.11. The van der Waals surface area contributed by atoms with E-state index in [2.05, 4.69) is 10.3 Å². The molecule has 6 nitrogen and oxygen atoms in total. The molecule has 0 atom stereocenters. The molecule has 22 heavy (non-hydrogen) atoms. The number of anilines is 1. The minimum atomic E-state index is -0.336. The first kappa shape index (κ1) is 15.3. The molecule has 0 saturated heterocycles. The summed E-state index contributed by atoms with van der Waals surface area (Å²) in [7, 11) is 0. The minimum Gasteiger partial charge on any atom is -0.490 e. The number of amides is 1. The number of carbonyl (C=O) groups is 1. The molecule has 2 aromatic rings. The van der Waals surface area contributed by atoms with Crippen molar-refractivity contribution in [3.05, 3.63) is 48.6 Å². The Labute approximate surface area is 128 Å².